The number of carbonyl (C=O) groups excluding carboxylic acids is 1. The van der Waals surface area contributed by atoms with Crippen molar-refractivity contribution in [1.29, 1.82) is 0 Å². The predicted molar refractivity (Wildman–Crippen MR) is 120 cm³/mol. The average Bonchev–Trinajstić information content (AvgIpc) is 3.17. The summed E-state index contributed by atoms with van der Waals surface area (Å²) in [5.74, 6) is 0.316. The third-order valence-corrected chi connectivity index (χ3v) is 9.24. The fraction of sp³-hybridized carbons (Fsp3) is 0.800. The monoisotopic (exact) mass is 886 g/mol. The van der Waals surface area contributed by atoms with Gasteiger partial charge in [-0.15, -0.1) is 0 Å². The third-order valence-electron chi connectivity index (χ3n) is 9.24. The molecule has 2 radical (unpaired) electrons. The maximum absolute atomic E-state index is 12.6. The fourth-order valence-corrected chi connectivity index (χ4v) is 7.11. The normalized spacial score (nSPS) is 38.5. The van der Waals surface area contributed by atoms with Crippen molar-refractivity contribution in [1.82, 2.24) is 9.80 Å². The Hall–Kier alpha value is 1.67. The van der Waals surface area contributed by atoms with Crippen LogP contribution >= 0.6 is 0 Å². The van der Waals surface area contributed by atoms with Crippen LogP contribution in [0.25, 0.3) is 0 Å². The van der Waals surface area contributed by atoms with Crippen molar-refractivity contribution in [3.05, 3.63) is 23.8 Å². The molecule has 0 bridgehead atoms. The number of cyclic esters (lactones) is 1. The van der Waals surface area contributed by atoms with E-state index in [4.69, 9.17) is 4.74 Å². The van der Waals surface area contributed by atoms with Crippen molar-refractivity contribution >= 4 is 5.97 Å². The minimum atomic E-state index is -0.485. The summed E-state index contributed by atoms with van der Waals surface area (Å²) in [5.41, 5.74) is 1.55. The molecule has 2 heterocycles. The zero-order valence-electron chi connectivity index (χ0n) is 20.6. The molecule has 2 N–H and O–H groups in total. The molecular formula is C25H40Ac2N2O4. The van der Waals surface area contributed by atoms with Crippen LogP contribution in [-0.4, -0.2) is 84.6 Å². The predicted octanol–water partition coefficient (Wildman–Crippen LogP) is 2.22. The molecule has 1 saturated heterocycles. The SMILES string of the molecule is C=C1CCC2[C@](C)(CO)C(O)CC[C@]2(C)[C@H]1CC(C1=CCOC1=O)N1CCN(C)CC1.[Ac].[Ac]. The Labute approximate surface area is 271 Å². The molecule has 8 heteroatoms. The summed E-state index contributed by atoms with van der Waals surface area (Å²) in [6.07, 6.45) is 5.88. The first-order valence-electron chi connectivity index (χ1n) is 12.0. The molecule has 2 aliphatic carbocycles. The molecule has 3 unspecified atom stereocenters. The second-order valence-electron chi connectivity index (χ2n) is 10.9. The van der Waals surface area contributed by atoms with Crippen molar-refractivity contribution in [3.8, 4) is 0 Å². The molecule has 2 saturated carbocycles. The van der Waals surface area contributed by atoms with Crippen LogP contribution in [0.2, 0.25) is 0 Å². The summed E-state index contributed by atoms with van der Waals surface area (Å²) in [4.78, 5) is 17.4. The van der Waals surface area contributed by atoms with E-state index in [9.17, 15) is 15.0 Å². The zero-order chi connectivity index (χ0) is 22.4. The number of allylic oxidation sites excluding steroid dienone is 1. The van der Waals surface area contributed by atoms with E-state index in [1.807, 2.05) is 6.08 Å². The van der Waals surface area contributed by atoms with Crippen molar-refractivity contribution in [3.63, 3.8) is 0 Å². The number of nitrogens with zero attached hydrogens (tertiary/aromatic N) is 2. The second-order valence-corrected chi connectivity index (χ2v) is 10.9. The molecule has 33 heavy (non-hydrogen) atoms. The number of carbonyl (C=O) groups is 1. The first-order valence-corrected chi connectivity index (χ1v) is 12.0. The Morgan fingerprint density at radius 1 is 1.21 bits per heavy atom. The minimum Gasteiger partial charge on any atom is -0.458 e. The number of hydrogen-bond acceptors (Lipinski definition) is 6. The summed E-state index contributed by atoms with van der Waals surface area (Å²) < 4.78 is 5.31. The molecule has 4 aliphatic rings. The van der Waals surface area contributed by atoms with Gasteiger partial charge in [0.05, 0.1) is 18.3 Å². The van der Waals surface area contributed by atoms with Crippen LogP contribution in [0.5, 0.6) is 0 Å². The fourth-order valence-electron chi connectivity index (χ4n) is 7.11. The Kier molecular flexibility index (Phi) is 11.7. The van der Waals surface area contributed by atoms with E-state index >= 15 is 0 Å². The smallest absolute Gasteiger partial charge is 0.335 e. The number of esters is 1. The van der Waals surface area contributed by atoms with Crippen LogP contribution in [0.4, 0.5) is 0 Å². The third kappa shape index (κ3) is 5.90. The number of aliphatic hydroxyl groups is 2. The van der Waals surface area contributed by atoms with Gasteiger partial charge in [0.25, 0.3) is 0 Å². The molecule has 4 rings (SSSR count). The number of likely N-dealkylation sites (N-methyl/N-ethyl adjacent to an activating group) is 1. The van der Waals surface area contributed by atoms with Crippen molar-refractivity contribution in [2.75, 3.05) is 46.4 Å². The van der Waals surface area contributed by atoms with Gasteiger partial charge in [-0.1, -0.05) is 26.0 Å². The van der Waals surface area contributed by atoms with E-state index in [0.717, 1.165) is 57.4 Å². The Bertz CT molecular complexity index is 755. The standard InChI is InChI=1S/C25H40N2O4.2Ac/c1-17-5-6-21-24(2,9-7-22(29)25(21,3)16-28)19(17)15-20(18-8-14-31-23(18)30)27-12-10-26(4)11-13-27;;/h8,19-22,28-29H,1,5-7,9-16H2,2-4H3;;/t19-,20?,21?,22?,24+,25-;;/m0../s1. The summed E-state index contributed by atoms with van der Waals surface area (Å²) in [6.45, 7) is 13.2. The van der Waals surface area contributed by atoms with E-state index in [1.54, 1.807) is 0 Å². The molecule has 6 atom stereocenters. The summed E-state index contributed by atoms with van der Waals surface area (Å²) >= 11 is 0. The van der Waals surface area contributed by atoms with Gasteiger partial charge in [0.1, 0.15) is 6.61 Å². The second kappa shape index (κ2) is 12.5. The van der Waals surface area contributed by atoms with Crippen molar-refractivity contribution < 1.29 is 108 Å². The molecule has 0 aromatic heterocycles. The summed E-state index contributed by atoms with van der Waals surface area (Å²) in [7, 11) is 2.15. The van der Waals surface area contributed by atoms with Crippen LogP contribution in [-0.2, 0) is 9.53 Å². The van der Waals surface area contributed by atoms with Gasteiger partial charge >= 0.3 is 5.97 Å². The van der Waals surface area contributed by atoms with Gasteiger partial charge in [-0.25, -0.2) is 4.79 Å². The van der Waals surface area contributed by atoms with E-state index in [1.165, 1.54) is 5.57 Å². The number of hydrogen-bond donors (Lipinski definition) is 2. The van der Waals surface area contributed by atoms with Gasteiger partial charge < -0.3 is 19.8 Å². The van der Waals surface area contributed by atoms with Crippen molar-refractivity contribution in [2.24, 2.45) is 22.7 Å². The van der Waals surface area contributed by atoms with Gasteiger partial charge in [-0.3, -0.25) is 4.90 Å². The van der Waals surface area contributed by atoms with Gasteiger partial charge in [0.15, 0.2) is 0 Å². The average molecular weight is 887 g/mol. The largest absolute Gasteiger partial charge is 0.458 e. The van der Waals surface area contributed by atoms with Gasteiger partial charge in [-0.2, -0.15) is 0 Å². The number of fused-ring (bicyclic) bond motifs is 1. The van der Waals surface area contributed by atoms with E-state index in [2.05, 4.69) is 37.3 Å². The Balaban J connectivity index is 0.00000193. The van der Waals surface area contributed by atoms with Crippen LogP contribution in [0.15, 0.2) is 23.8 Å². The van der Waals surface area contributed by atoms with Gasteiger partial charge in [0, 0.05) is 126 Å². The number of rotatable bonds is 5. The van der Waals surface area contributed by atoms with E-state index < -0.39 is 11.5 Å². The molecule has 2 aliphatic heterocycles. The molecule has 0 aromatic carbocycles. The van der Waals surface area contributed by atoms with Crippen LogP contribution in [0.3, 0.4) is 0 Å². The Morgan fingerprint density at radius 2 is 1.88 bits per heavy atom. The summed E-state index contributed by atoms with van der Waals surface area (Å²) in [6, 6.07) is 0.0354. The van der Waals surface area contributed by atoms with Crippen molar-refractivity contribution in [2.45, 2.75) is 58.1 Å². The van der Waals surface area contributed by atoms with Gasteiger partial charge in [-0.05, 0) is 62.5 Å². The van der Waals surface area contributed by atoms with E-state index in [0.29, 0.717) is 13.0 Å². The topological polar surface area (TPSA) is 73.2 Å². The quantitative estimate of drug-likeness (QED) is 0.327. The zero-order valence-corrected chi connectivity index (χ0v) is 30.1. The van der Waals surface area contributed by atoms with Crippen LogP contribution < -0.4 is 0 Å². The number of ether oxygens (including phenoxy) is 1. The molecular weight excluding hydrogens is 846 g/mol. The first kappa shape index (κ1) is 30.9. The minimum absolute atomic E-state index is 0. The molecule has 0 aromatic rings. The maximum Gasteiger partial charge on any atom is 0.335 e. The molecule has 6 nitrogen and oxygen atoms in total. The number of piperazine rings is 1. The summed E-state index contributed by atoms with van der Waals surface area (Å²) in [5, 5.41) is 21.1. The number of aliphatic hydroxyl groups excluding tert-OH is 2. The van der Waals surface area contributed by atoms with Crippen LogP contribution in [0.1, 0.15) is 46.0 Å². The van der Waals surface area contributed by atoms with Gasteiger partial charge in [0.2, 0.25) is 0 Å². The Morgan fingerprint density at radius 3 is 2.45 bits per heavy atom. The molecule has 0 amide bonds. The van der Waals surface area contributed by atoms with E-state index in [-0.39, 0.29) is 124 Å². The van der Waals surface area contributed by atoms with Crippen LogP contribution in [0, 0.1) is 111 Å². The molecule has 180 valence electrons. The first-order chi connectivity index (χ1) is 14.7. The maximum atomic E-state index is 12.6. The molecule has 0 spiro atoms. The molecule has 3 fully saturated rings.